The van der Waals surface area contributed by atoms with Crippen LogP contribution in [0.2, 0.25) is 0 Å². The highest BCUT2D eigenvalue weighted by atomic mass is 16.3. The van der Waals surface area contributed by atoms with E-state index in [9.17, 15) is 9.90 Å². The molecule has 2 heterocycles. The van der Waals surface area contributed by atoms with E-state index in [0.29, 0.717) is 5.41 Å². The van der Waals surface area contributed by atoms with Gasteiger partial charge in [-0.3, -0.25) is 14.7 Å². The normalized spacial score (nSPS) is 27.6. The second kappa shape index (κ2) is 10.5. The first kappa shape index (κ1) is 25.6. The highest BCUT2D eigenvalue weighted by Crippen LogP contribution is 2.59. The van der Waals surface area contributed by atoms with Crippen LogP contribution in [0.25, 0.3) is 11.1 Å². The number of nitrogens with zero attached hydrogens (tertiary/aromatic N) is 3. The molecular formula is C34H40N4O2. The summed E-state index contributed by atoms with van der Waals surface area (Å²) in [5, 5.41) is 13.2. The fraction of sp³-hybridized carbons (Fsp3) is 0.471. The molecule has 3 aromatic rings. The summed E-state index contributed by atoms with van der Waals surface area (Å²) in [6, 6.07) is 18.4. The quantitative estimate of drug-likeness (QED) is 0.404. The van der Waals surface area contributed by atoms with Crippen molar-refractivity contribution in [3.63, 3.8) is 0 Å². The van der Waals surface area contributed by atoms with Crippen molar-refractivity contribution in [2.75, 3.05) is 37.6 Å². The summed E-state index contributed by atoms with van der Waals surface area (Å²) >= 11 is 0. The smallest absolute Gasteiger partial charge is 0.251 e. The lowest BCUT2D eigenvalue weighted by Gasteiger charge is -2.56. The number of aromatic nitrogens is 1. The molecule has 4 aliphatic carbocycles. The average molecular weight is 537 g/mol. The molecule has 6 heteroatoms. The van der Waals surface area contributed by atoms with Gasteiger partial charge in [0.1, 0.15) is 5.75 Å². The van der Waals surface area contributed by atoms with Gasteiger partial charge >= 0.3 is 0 Å². The third kappa shape index (κ3) is 5.22. The summed E-state index contributed by atoms with van der Waals surface area (Å²) < 4.78 is 0. The molecule has 1 aliphatic heterocycles. The number of aromatic hydroxyl groups is 1. The zero-order valence-electron chi connectivity index (χ0n) is 23.3. The molecule has 5 fully saturated rings. The van der Waals surface area contributed by atoms with Crippen molar-refractivity contribution in [1.29, 1.82) is 0 Å². The molecule has 2 N–H and O–H groups in total. The van der Waals surface area contributed by atoms with E-state index >= 15 is 0 Å². The predicted molar refractivity (Wildman–Crippen MR) is 158 cm³/mol. The van der Waals surface area contributed by atoms with Gasteiger partial charge in [-0.2, -0.15) is 0 Å². The van der Waals surface area contributed by atoms with Gasteiger partial charge in [0, 0.05) is 62.3 Å². The Hall–Kier alpha value is -3.38. The van der Waals surface area contributed by atoms with Crippen molar-refractivity contribution < 1.29 is 9.90 Å². The Morgan fingerprint density at radius 2 is 1.57 bits per heavy atom. The zero-order chi connectivity index (χ0) is 27.1. The largest absolute Gasteiger partial charge is 0.506 e. The fourth-order valence-corrected chi connectivity index (χ4v) is 8.62. The van der Waals surface area contributed by atoms with Gasteiger partial charge in [-0.15, -0.1) is 0 Å². The molecule has 208 valence electrons. The molecule has 0 atom stereocenters. The molecule has 0 spiro atoms. The van der Waals surface area contributed by atoms with Crippen LogP contribution in [0.15, 0.2) is 67.0 Å². The van der Waals surface area contributed by atoms with Crippen LogP contribution in [0.1, 0.15) is 54.4 Å². The molecule has 0 unspecified atom stereocenters. The van der Waals surface area contributed by atoms with Gasteiger partial charge in [-0.1, -0.05) is 24.3 Å². The summed E-state index contributed by atoms with van der Waals surface area (Å²) in [5.74, 6) is 2.99. The van der Waals surface area contributed by atoms with Gasteiger partial charge < -0.3 is 15.3 Å². The van der Waals surface area contributed by atoms with E-state index in [1.165, 1.54) is 56.0 Å². The second-order valence-corrected chi connectivity index (χ2v) is 13.0. The Kier molecular flexibility index (Phi) is 6.74. The molecule has 2 aromatic carbocycles. The number of pyridine rings is 1. The summed E-state index contributed by atoms with van der Waals surface area (Å²) in [5.41, 5.74) is 5.62. The zero-order valence-corrected chi connectivity index (χ0v) is 23.3. The Morgan fingerprint density at radius 1 is 0.900 bits per heavy atom. The van der Waals surface area contributed by atoms with Crippen molar-refractivity contribution in [3.8, 4) is 16.9 Å². The summed E-state index contributed by atoms with van der Waals surface area (Å²) in [6.45, 7) is 5.56. The minimum Gasteiger partial charge on any atom is -0.506 e. The number of piperazine rings is 1. The van der Waals surface area contributed by atoms with E-state index in [-0.39, 0.29) is 11.7 Å². The first-order valence-corrected chi connectivity index (χ1v) is 15.1. The fourth-order valence-electron chi connectivity index (χ4n) is 8.62. The number of carbonyl (C=O) groups is 1. The van der Waals surface area contributed by atoms with Crippen molar-refractivity contribution in [2.45, 2.75) is 45.1 Å². The Bertz CT molecular complexity index is 1330. The SMILES string of the molecule is O=C(NCC12CC3CC(CC(C3)C1)C2)c1ccc(N2CCN(Cc3ccccc3-c3cncc(O)c3)CC2)cc1. The van der Waals surface area contributed by atoms with E-state index < -0.39 is 0 Å². The van der Waals surface area contributed by atoms with Gasteiger partial charge in [-0.05, 0) is 103 Å². The number of carbonyl (C=O) groups excluding carboxylic acids is 1. The van der Waals surface area contributed by atoms with Gasteiger partial charge in [-0.25, -0.2) is 0 Å². The lowest BCUT2D eigenvalue weighted by Crippen LogP contribution is -2.51. The van der Waals surface area contributed by atoms with Crippen molar-refractivity contribution in [1.82, 2.24) is 15.2 Å². The minimum absolute atomic E-state index is 0.0766. The summed E-state index contributed by atoms with van der Waals surface area (Å²) in [6.07, 6.45) is 11.6. The Balaban J connectivity index is 0.929. The van der Waals surface area contributed by atoms with Crippen LogP contribution in [-0.4, -0.2) is 53.6 Å². The number of nitrogens with one attached hydrogen (secondary N) is 1. The van der Waals surface area contributed by atoms with Crippen LogP contribution in [0.5, 0.6) is 5.75 Å². The van der Waals surface area contributed by atoms with Crippen LogP contribution in [0.3, 0.4) is 0 Å². The van der Waals surface area contributed by atoms with E-state index in [1.54, 1.807) is 6.07 Å². The topological polar surface area (TPSA) is 68.7 Å². The molecule has 1 saturated heterocycles. The van der Waals surface area contributed by atoms with Crippen LogP contribution >= 0.6 is 0 Å². The molecule has 4 bridgehead atoms. The molecule has 4 saturated carbocycles. The van der Waals surface area contributed by atoms with Gasteiger partial charge in [0.05, 0.1) is 6.20 Å². The van der Waals surface area contributed by atoms with Crippen molar-refractivity contribution in [2.24, 2.45) is 23.2 Å². The molecule has 6 nitrogen and oxygen atoms in total. The van der Waals surface area contributed by atoms with E-state index in [2.05, 4.69) is 50.4 Å². The molecule has 1 amide bonds. The average Bonchev–Trinajstić information content (AvgIpc) is 2.96. The van der Waals surface area contributed by atoms with Crippen molar-refractivity contribution >= 4 is 11.6 Å². The molecule has 1 aromatic heterocycles. The van der Waals surface area contributed by atoms with Crippen LogP contribution in [0, 0.1) is 23.2 Å². The standard InChI is InChI=1S/C34H40N4O2/c39-31-16-29(20-35-21-31)32-4-2-1-3-28(32)22-37-9-11-38(12-10-37)30-7-5-27(6-8-30)33(40)36-23-34-17-24-13-25(18-34)15-26(14-24)19-34/h1-8,16,20-21,24-26,39H,9-15,17-19,22-23H2,(H,36,40). The molecule has 8 rings (SSSR count). The van der Waals surface area contributed by atoms with E-state index in [4.69, 9.17) is 0 Å². The number of amides is 1. The number of benzene rings is 2. The predicted octanol–water partition coefficient (Wildman–Crippen LogP) is 5.72. The Morgan fingerprint density at radius 3 is 2.25 bits per heavy atom. The molecule has 5 aliphatic rings. The monoisotopic (exact) mass is 536 g/mol. The number of anilines is 1. The van der Waals surface area contributed by atoms with Gasteiger partial charge in [0.25, 0.3) is 5.91 Å². The first-order valence-electron chi connectivity index (χ1n) is 15.1. The number of hydrogen-bond acceptors (Lipinski definition) is 5. The maximum Gasteiger partial charge on any atom is 0.251 e. The second-order valence-electron chi connectivity index (χ2n) is 13.0. The number of hydrogen-bond donors (Lipinski definition) is 2. The maximum atomic E-state index is 13.0. The molecular weight excluding hydrogens is 496 g/mol. The molecule has 0 radical (unpaired) electrons. The third-order valence-corrected chi connectivity index (χ3v) is 10.1. The van der Waals surface area contributed by atoms with Crippen LogP contribution in [0.4, 0.5) is 5.69 Å². The lowest BCUT2D eigenvalue weighted by atomic mass is 9.49. The lowest BCUT2D eigenvalue weighted by molar-refractivity contribution is -0.0503. The number of rotatable bonds is 7. The highest BCUT2D eigenvalue weighted by Gasteiger charge is 2.50. The van der Waals surface area contributed by atoms with E-state index in [1.807, 2.05) is 24.4 Å². The minimum atomic E-state index is 0.0766. The first-order chi connectivity index (χ1) is 19.5. The Labute approximate surface area is 237 Å². The van der Waals surface area contributed by atoms with Crippen LogP contribution in [-0.2, 0) is 6.54 Å². The summed E-state index contributed by atoms with van der Waals surface area (Å²) in [7, 11) is 0. The summed E-state index contributed by atoms with van der Waals surface area (Å²) in [4.78, 5) is 22.1. The van der Waals surface area contributed by atoms with Gasteiger partial charge in [0.2, 0.25) is 0 Å². The third-order valence-electron chi connectivity index (χ3n) is 10.1. The maximum absolute atomic E-state index is 13.0. The van der Waals surface area contributed by atoms with E-state index in [0.717, 1.165) is 73.7 Å². The van der Waals surface area contributed by atoms with Crippen LogP contribution < -0.4 is 10.2 Å². The van der Waals surface area contributed by atoms with Gasteiger partial charge in [0.15, 0.2) is 0 Å². The molecule has 40 heavy (non-hydrogen) atoms. The van der Waals surface area contributed by atoms with Crippen molar-refractivity contribution in [3.05, 3.63) is 78.1 Å². The highest BCUT2D eigenvalue weighted by molar-refractivity contribution is 5.94.